The molecule has 2 aromatic heterocycles. The van der Waals surface area contributed by atoms with Crippen LogP contribution in [-0.2, 0) is 4.74 Å². The molecular weight excluding hydrogens is 516 g/mol. The normalized spacial score (nSPS) is 19.8. The molecule has 0 spiro atoms. The van der Waals surface area contributed by atoms with Crippen LogP contribution in [0.25, 0.3) is 5.69 Å². The number of pyridine rings is 1. The van der Waals surface area contributed by atoms with Gasteiger partial charge in [0.1, 0.15) is 5.75 Å². The van der Waals surface area contributed by atoms with E-state index in [0.29, 0.717) is 5.75 Å². The molecule has 0 aliphatic carbocycles. The Bertz CT molecular complexity index is 1340. The van der Waals surface area contributed by atoms with Crippen molar-refractivity contribution in [1.29, 1.82) is 0 Å². The maximum absolute atomic E-state index is 11.4. The van der Waals surface area contributed by atoms with E-state index in [1.165, 1.54) is 19.2 Å². The molecule has 2 saturated heterocycles. The highest BCUT2D eigenvalue weighted by molar-refractivity contribution is 7.80. The van der Waals surface area contributed by atoms with Crippen LogP contribution in [0.15, 0.2) is 48.7 Å². The second kappa shape index (κ2) is 11.7. The van der Waals surface area contributed by atoms with Gasteiger partial charge in [-0.3, -0.25) is 20.0 Å². The summed E-state index contributed by atoms with van der Waals surface area (Å²) in [6.45, 7) is 9.40. The predicted molar refractivity (Wildman–Crippen MR) is 152 cm³/mol. The third kappa shape index (κ3) is 5.47. The van der Waals surface area contributed by atoms with Crippen molar-refractivity contribution in [2.45, 2.75) is 32.4 Å². The topological polar surface area (TPSA) is 97.9 Å². The summed E-state index contributed by atoms with van der Waals surface area (Å²) in [5.41, 5.74) is 4.83. The van der Waals surface area contributed by atoms with Gasteiger partial charge in [-0.05, 0) is 62.3 Å². The average Bonchev–Trinajstić information content (AvgIpc) is 3.43. The molecule has 0 radical (unpaired) electrons. The molecule has 11 heteroatoms. The molecular formula is C28H34N6O4S. The SMILES string of the molecule is COc1cc([N+](=O)[O-])ccc1-n1c(C)cc([C@@H]2[C@H](c3ccccn3)NC(=S)N2CCCN2CCOCC2)c1C. The number of hydrogen-bond acceptors (Lipinski definition) is 7. The molecule has 2 aliphatic heterocycles. The van der Waals surface area contributed by atoms with Gasteiger partial charge in [0.25, 0.3) is 5.69 Å². The summed E-state index contributed by atoms with van der Waals surface area (Å²) in [5.74, 6) is 0.446. The fraction of sp³-hybridized carbons (Fsp3) is 0.429. The molecule has 39 heavy (non-hydrogen) atoms. The van der Waals surface area contributed by atoms with Crippen LogP contribution in [0, 0.1) is 24.0 Å². The van der Waals surface area contributed by atoms with E-state index in [1.54, 1.807) is 6.07 Å². The van der Waals surface area contributed by atoms with E-state index in [9.17, 15) is 10.1 Å². The Balaban J connectivity index is 1.51. The largest absolute Gasteiger partial charge is 0.494 e. The smallest absolute Gasteiger partial charge is 0.273 e. The van der Waals surface area contributed by atoms with Gasteiger partial charge < -0.3 is 24.3 Å². The number of aromatic nitrogens is 2. The summed E-state index contributed by atoms with van der Waals surface area (Å²) in [7, 11) is 1.53. The molecule has 2 fully saturated rings. The first-order chi connectivity index (χ1) is 18.9. The number of nitro benzene ring substituents is 1. The van der Waals surface area contributed by atoms with Crippen molar-refractivity contribution in [2.75, 3.05) is 46.5 Å². The first-order valence-corrected chi connectivity index (χ1v) is 13.6. The monoisotopic (exact) mass is 550 g/mol. The van der Waals surface area contributed by atoms with Crippen LogP contribution in [0.2, 0.25) is 0 Å². The number of methoxy groups -OCH3 is 1. The first kappa shape index (κ1) is 27.0. The summed E-state index contributed by atoms with van der Waals surface area (Å²) < 4.78 is 13.2. The summed E-state index contributed by atoms with van der Waals surface area (Å²) in [6.07, 6.45) is 2.78. The maximum atomic E-state index is 11.4. The van der Waals surface area contributed by atoms with E-state index in [0.717, 1.165) is 79.3 Å². The standard InChI is InChI=1S/C28H34N6O4S/c1-19-17-22(20(2)33(19)24-9-8-21(34(35)36)18-25(24)37-3)27-26(23-7-4-5-10-29-23)30-28(39)32(27)12-6-11-31-13-15-38-16-14-31/h4-5,7-10,17-18,26-27H,6,11-16H2,1-3H3,(H,30,39)/t26-,27+/m0/s1. The van der Waals surface area contributed by atoms with Gasteiger partial charge in [-0.15, -0.1) is 0 Å². The molecule has 206 valence electrons. The highest BCUT2D eigenvalue weighted by Crippen LogP contribution is 2.42. The van der Waals surface area contributed by atoms with Crippen molar-refractivity contribution in [3.05, 3.63) is 81.4 Å². The predicted octanol–water partition coefficient (Wildman–Crippen LogP) is 4.10. The second-order valence-corrected chi connectivity index (χ2v) is 10.3. The second-order valence-electron chi connectivity index (χ2n) is 9.90. The zero-order chi connectivity index (χ0) is 27.5. The number of non-ortho nitro benzene ring substituents is 1. The number of rotatable bonds is 9. The quantitative estimate of drug-likeness (QED) is 0.240. The number of aryl methyl sites for hydroxylation is 1. The number of thiocarbonyl (C=S) groups is 1. The van der Waals surface area contributed by atoms with Crippen molar-refractivity contribution in [3.63, 3.8) is 0 Å². The number of nitrogens with one attached hydrogen (secondary N) is 1. The zero-order valence-electron chi connectivity index (χ0n) is 22.5. The van der Waals surface area contributed by atoms with Crippen LogP contribution in [0.3, 0.4) is 0 Å². The van der Waals surface area contributed by atoms with Crippen molar-refractivity contribution in [3.8, 4) is 11.4 Å². The first-order valence-electron chi connectivity index (χ1n) is 13.2. The fourth-order valence-electron chi connectivity index (χ4n) is 5.70. The molecule has 3 aromatic rings. The minimum absolute atomic E-state index is 0.00899. The molecule has 10 nitrogen and oxygen atoms in total. The van der Waals surface area contributed by atoms with Gasteiger partial charge in [-0.25, -0.2) is 0 Å². The lowest BCUT2D eigenvalue weighted by molar-refractivity contribution is -0.384. The molecule has 0 saturated carbocycles. The number of benzene rings is 1. The Labute approximate surface area is 233 Å². The number of nitro groups is 1. The Hall–Kier alpha value is -3.54. The maximum Gasteiger partial charge on any atom is 0.273 e. The average molecular weight is 551 g/mol. The van der Waals surface area contributed by atoms with Gasteiger partial charge in [0, 0.05) is 49.8 Å². The van der Waals surface area contributed by atoms with E-state index in [2.05, 4.69) is 37.7 Å². The Morgan fingerprint density at radius 1 is 1.18 bits per heavy atom. The Morgan fingerprint density at radius 2 is 1.97 bits per heavy atom. The van der Waals surface area contributed by atoms with Crippen LogP contribution >= 0.6 is 12.2 Å². The van der Waals surface area contributed by atoms with E-state index >= 15 is 0 Å². The minimum Gasteiger partial charge on any atom is -0.494 e. The lowest BCUT2D eigenvalue weighted by Gasteiger charge is -2.30. The fourth-order valence-corrected chi connectivity index (χ4v) is 6.03. The van der Waals surface area contributed by atoms with Gasteiger partial charge in [0.15, 0.2) is 5.11 Å². The van der Waals surface area contributed by atoms with Crippen molar-refractivity contribution in [1.82, 2.24) is 24.7 Å². The zero-order valence-corrected chi connectivity index (χ0v) is 23.3. The van der Waals surface area contributed by atoms with Crippen molar-refractivity contribution < 1.29 is 14.4 Å². The number of morpholine rings is 1. The highest BCUT2D eigenvalue weighted by Gasteiger charge is 2.41. The Morgan fingerprint density at radius 3 is 2.67 bits per heavy atom. The van der Waals surface area contributed by atoms with E-state index < -0.39 is 4.92 Å². The van der Waals surface area contributed by atoms with Gasteiger partial charge in [-0.1, -0.05) is 6.07 Å². The lowest BCUT2D eigenvalue weighted by atomic mass is 9.96. The summed E-state index contributed by atoms with van der Waals surface area (Å²) in [6, 6.07) is 12.7. The number of nitrogens with zero attached hydrogens (tertiary/aromatic N) is 5. The van der Waals surface area contributed by atoms with E-state index in [4.69, 9.17) is 21.7 Å². The van der Waals surface area contributed by atoms with E-state index in [-0.39, 0.29) is 17.8 Å². The highest BCUT2D eigenvalue weighted by atomic mass is 32.1. The third-order valence-electron chi connectivity index (χ3n) is 7.58. The summed E-state index contributed by atoms with van der Waals surface area (Å²) in [4.78, 5) is 20.3. The van der Waals surface area contributed by atoms with Crippen molar-refractivity contribution >= 4 is 23.0 Å². The summed E-state index contributed by atoms with van der Waals surface area (Å²) >= 11 is 5.88. The minimum atomic E-state index is -0.412. The van der Waals surface area contributed by atoms with Gasteiger partial charge in [0.2, 0.25) is 0 Å². The molecule has 2 atom stereocenters. The van der Waals surface area contributed by atoms with Crippen molar-refractivity contribution in [2.24, 2.45) is 0 Å². The van der Waals surface area contributed by atoms with Gasteiger partial charge in [0.05, 0.1) is 54.8 Å². The number of ether oxygens (including phenoxy) is 2. The van der Waals surface area contributed by atoms with Crippen LogP contribution in [-0.4, -0.2) is 75.9 Å². The molecule has 2 aliphatic rings. The summed E-state index contributed by atoms with van der Waals surface area (Å²) in [5, 5.41) is 15.6. The van der Waals surface area contributed by atoms with Gasteiger partial charge in [-0.2, -0.15) is 0 Å². The molecule has 4 heterocycles. The lowest BCUT2D eigenvalue weighted by Crippen LogP contribution is -2.39. The number of hydrogen-bond donors (Lipinski definition) is 1. The van der Waals surface area contributed by atoms with Crippen LogP contribution in [0.5, 0.6) is 5.75 Å². The van der Waals surface area contributed by atoms with Crippen LogP contribution in [0.1, 0.15) is 41.1 Å². The molecule has 0 bridgehead atoms. The van der Waals surface area contributed by atoms with Crippen LogP contribution < -0.4 is 10.1 Å². The van der Waals surface area contributed by atoms with Gasteiger partial charge >= 0.3 is 0 Å². The molecule has 0 amide bonds. The molecule has 1 N–H and O–H groups in total. The molecule has 1 aromatic carbocycles. The Kier molecular flexibility index (Phi) is 8.10. The van der Waals surface area contributed by atoms with E-state index in [1.807, 2.05) is 31.3 Å². The van der Waals surface area contributed by atoms with Crippen LogP contribution in [0.4, 0.5) is 5.69 Å². The molecule has 0 unspecified atom stereocenters. The third-order valence-corrected chi connectivity index (χ3v) is 7.93. The molecule has 5 rings (SSSR count).